The van der Waals surface area contributed by atoms with Crippen LogP contribution in [0.15, 0.2) is 0 Å². The van der Waals surface area contributed by atoms with Crippen LogP contribution < -0.4 is 5.32 Å². The van der Waals surface area contributed by atoms with Crippen molar-refractivity contribution >= 4 is 0 Å². The van der Waals surface area contributed by atoms with E-state index < -0.39 is 0 Å². The van der Waals surface area contributed by atoms with Crippen molar-refractivity contribution in [1.29, 1.82) is 0 Å². The maximum absolute atomic E-state index is 4.23. The van der Waals surface area contributed by atoms with Gasteiger partial charge < -0.3 is 5.32 Å². The predicted molar refractivity (Wildman–Crippen MR) is 65.9 cm³/mol. The Bertz CT molecular complexity index is 426. The highest BCUT2D eigenvalue weighted by Gasteiger charge is 2.36. The van der Waals surface area contributed by atoms with Crippen LogP contribution in [0, 0.1) is 5.92 Å². The fourth-order valence-electron chi connectivity index (χ4n) is 3.46. The van der Waals surface area contributed by atoms with Crippen LogP contribution in [0.3, 0.4) is 0 Å². The van der Waals surface area contributed by atoms with Gasteiger partial charge in [-0.3, -0.25) is 4.90 Å². The summed E-state index contributed by atoms with van der Waals surface area (Å²) in [4.78, 5) is 2.58. The summed E-state index contributed by atoms with van der Waals surface area (Å²) < 4.78 is 2.05. The van der Waals surface area contributed by atoms with Crippen molar-refractivity contribution in [2.24, 2.45) is 5.92 Å². The molecule has 0 aromatic carbocycles. The minimum atomic E-state index is 0.581. The minimum absolute atomic E-state index is 0.581. The first kappa shape index (κ1) is 10.9. The first-order valence-corrected chi connectivity index (χ1v) is 7.13. The Kier molecular flexibility index (Phi) is 2.58. The average Bonchev–Trinajstić information content (AvgIpc) is 2.93. The van der Waals surface area contributed by atoms with Gasteiger partial charge >= 0.3 is 0 Å². The molecular formula is C12H20N6. The molecule has 2 aliphatic heterocycles. The SMILES string of the molecule is C1CC2CNCC2N(Cc2nnnn2C2CC2)C1. The Hall–Kier alpha value is -1.01. The smallest absolute Gasteiger partial charge is 0.165 e. The summed E-state index contributed by atoms with van der Waals surface area (Å²) in [7, 11) is 0. The van der Waals surface area contributed by atoms with Crippen molar-refractivity contribution in [3.8, 4) is 0 Å². The van der Waals surface area contributed by atoms with Gasteiger partial charge in [-0.25, -0.2) is 4.68 Å². The van der Waals surface area contributed by atoms with E-state index in [-0.39, 0.29) is 0 Å². The van der Waals surface area contributed by atoms with Crippen molar-refractivity contribution in [3.63, 3.8) is 0 Å². The fourth-order valence-corrected chi connectivity index (χ4v) is 3.46. The van der Waals surface area contributed by atoms with E-state index in [0.29, 0.717) is 12.1 Å². The molecule has 1 aromatic heterocycles. The summed E-state index contributed by atoms with van der Waals surface area (Å²) in [5.74, 6) is 1.90. The Morgan fingerprint density at radius 3 is 3.06 bits per heavy atom. The number of tetrazole rings is 1. The Morgan fingerprint density at radius 1 is 1.22 bits per heavy atom. The molecule has 6 heteroatoms. The second kappa shape index (κ2) is 4.28. The zero-order valence-corrected chi connectivity index (χ0v) is 10.6. The number of fused-ring (bicyclic) bond motifs is 1. The van der Waals surface area contributed by atoms with Crippen molar-refractivity contribution in [2.45, 2.75) is 44.3 Å². The number of rotatable bonds is 3. The Labute approximate surface area is 107 Å². The molecule has 98 valence electrons. The molecule has 4 rings (SSSR count). The van der Waals surface area contributed by atoms with Gasteiger partial charge in [-0.2, -0.15) is 0 Å². The van der Waals surface area contributed by atoms with E-state index in [1.54, 1.807) is 0 Å². The molecule has 1 aliphatic carbocycles. The van der Waals surface area contributed by atoms with Crippen molar-refractivity contribution in [1.82, 2.24) is 30.4 Å². The van der Waals surface area contributed by atoms with Crippen LogP contribution in [0.2, 0.25) is 0 Å². The highest BCUT2D eigenvalue weighted by atomic mass is 15.6. The van der Waals surface area contributed by atoms with Crippen molar-refractivity contribution < 1.29 is 0 Å². The van der Waals surface area contributed by atoms with E-state index >= 15 is 0 Å². The van der Waals surface area contributed by atoms with Gasteiger partial charge in [-0.1, -0.05) is 0 Å². The first-order valence-electron chi connectivity index (χ1n) is 7.13. The van der Waals surface area contributed by atoms with E-state index in [4.69, 9.17) is 0 Å². The molecule has 1 N–H and O–H groups in total. The van der Waals surface area contributed by atoms with E-state index in [1.807, 2.05) is 4.68 Å². The van der Waals surface area contributed by atoms with Gasteiger partial charge in [-0.15, -0.1) is 5.10 Å². The lowest BCUT2D eigenvalue weighted by Gasteiger charge is -2.36. The molecule has 0 spiro atoms. The van der Waals surface area contributed by atoms with Gasteiger partial charge in [0, 0.05) is 12.6 Å². The molecular weight excluding hydrogens is 228 g/mol. The number of piperidine rings is 1. The third-order valence-corrected chi connectivity index (χ3v) is 4.59. The number of hydrogen-bond acceptors (Lipinski definition) is 5. The lowest BCUT2D eigenvalue weighted by atomic mass is 9.92. The largest absolute Gasteiger partial charge is 0.315 e. The van der Waals surface area contributed by atoms with E-state index in [0.717, 1.165) is 24.8 Å². The fraction of sp³-hybridized carbons (Fsp3) is 0.917. The van der Waals surface area contributed by atoms with Gasteiger partial charge in [0.15, 0.2) is 5.82 Å². The molecule has 1 saturated carbocycles. The van der Waals surface area contributed by atoms with Gasteiger partial charge in [0.2, 0.25) is 0 Å². The van der Waals surface area contributed by atoms with Gasteiger partial charge in [-0.05, 0) is 55.1 Å². The maximum Gasteiger partial charge on any atom is 0.165 e. The van der Waals surface area contributed by atoms with Crippen LogP contribution in [0.1, 0.15) is 37.5 Å². The topological polar surface area (TPSA) is 58.9 Å². The van der Waals surface area contributed by atoms with Gasteiger partial charge in [0.1, 0.15) is 0 Å². The Morgan fingerprint density at radius 2 is 2.17 bits per heavy atom. The summed E-state index contributed by atoms with van der Waals surface area (Å²) >= 11 is 0. The molecule has 3 fully saturated rings. The van der Waals surface area contributed by atoms with Crippen molar-refractivity contribution in [2.75, 3.05) is 19.6 Å². The summed E-state index contributed by atoms with van der Waals surface area (Å²) in [6, 6.07) is 1.28. The molecule has 0 bridgehead atoms. The molecule has 2 unspecified atom stereocenters. The highest BCUT2D eigenvalue weighted by Crippen LogP contribution is 2.35. The molecule has 6 nitrogen and oxygen atoms in total. The molecule has 18 heavy (non-hydrogen) atoms. The quantitative estimate of drug-likeness (QED) is 0.827. The second-order valence-corrected chi connectivity index (χ2v) is 5.87. The minimum Gasteiger partial charge on any atom is -0.315 e. The monoisotopic (exact) mass is 248 g/mol. The summed E-state index contributed by atoms with van der Waals surface area (Å²) in [5.41, 5.74) is 0. The number of hydrogen-bond donors (Lipinski definition) is 1. The summed E-state index contributed by atoms with van der Waals surface area (Å²) in [6.07, 6.45) is 5.17. The molecule has 2 saturated heterocycles. The molecule has 2 atom stereocenters. The normalized spacial score (nSPS) is 32.7. The maximum atomic E-state index is 4.23. The third-order valence-electron chi connectivity index (χ3n) is 4.59. The number of aromatic nitrogens is 4. The second-order valence-electron chi connectivity index (χ2n) is 5.87. The zero-order chi connectivity index (χ0) is 11.9. The van der Waals surface area contributed by atoms with Crippen LogP contribution >= 0.6 is 0 Å². The van der Waals surface area contributed by atoms with Crippen LogP contribution in [0.5, 0.6) is 0 Å². The lowest BCUT2D eigenvalue weighted by molar-refractivity contribution is 0.112. The number of nitrogens with zero attached hydrogens (tertiary/aromatic N) is 5. The Balaban J connectivity index is 1.51. The van der Waals surface area contributed by atoms with Crippen LogP contribution in [0.4, 0.5) is 0 Å². The molecule has 1 aromatic rings. The van der Waals surface area contributed by atoms with E-state index in [2.05, 4.69) is 25.7 Å². The van der Waals surface area contributed by atoms with E-state index in [9.17, 15) is 0 Å². The molecule has 3 heterocycles. The van der Waals surface area contributed by atoms with Gasteiger partial charge in [0.05, 0.1) is 12.6 Å². The molecule has 0 radical (unpaired) electrons. The predicted octanol–water partition coefficient (Wildman–Crippen LogP) is 0.192. The van der Waals surface area contributed by atoms with E-state index in [1.165, 1.54) is 38.8 Å². The average molecular weight is 248 g/mol. The first-order chi connectivity index (χ1) is 8.92. The highest BCUT2D eigenvalue weighted by molar-refractivity contribution is 4.96. The van der Waals surface area contributed by atoms with Crippen LogP contribution in [-0.4, -0.2) is 50.8 Å². The zero-order valence-electron chi connectivity index (χ0n) is 10.6. The lowest BCUT2D eigenvalue weighted by Crippen LogP contribution is -2.44. The van der Waals surface area contributed by atoms with Gasteiger partial charge in [0.25, 0.3) is 0 Å². The van der Waals surface area contributed by atoms with Crippen LogP contribution in [0.25, 0.3) is 0 Å². The van der Waals surface area contributed by atoms with Crippen molar-refractivity contribution in [3.05, 3.63) is 5.82 Å². The molecule has 3 aliphatic rings. The molecule has 0 amide bonds. The summed E-state index contributed by atoms with van der Waals surface area (Å²) in [6.45, 7) is 4.44. The van der Waals surface area contributed by atoms with Crippen LogP contribution in [-0.2, 0) is 6.54 Å². The standard InChI is InChI=1S/C12H20N6/c1-2-9-6-13-7-11(9)17(5-1)8-12-14-15-16-18(12)10-3-4-10/h9-11,13H,1-8H2. The number of likely N-dealkylation sites (tertiary alicyclic amines) is 1. The number of nitrogens with one attached hydrogen (secondary N) is 1. The third kappa shape index (κ3) is 1.83. The summed E-state index contributed by atoms with van der Waals surface area (Å²) in [5, 5.41) is 15.7.